The zero-order valence-corrected chi connectivity index (χ0v) is 8.07. The number of para-hydroxylation sites is 1. The molecule has 3 heteroatoms. The van der Waals surface area contributed by atoms with Crippen molar-refractivity contribution in [1.82, 2.24) is 4.57 Å². The molecule has 0 atom stereocenters. The molecular formula is C11H13NO2. The van der Waals surface area contributed by atoms with Crippen molar-refractivity contribution in [1.29, 1.82) is 0 Å². The molecule has 0 bridgehead atoms. The molecule has 2 N–H and O–H groups in total. The fraction of sp³-hybridized carbons (Fsp3) is 0.273. The van der Waals surface area contributed by atoms with E-state index in [0.29, 0.717) is 12.3 Å². The molecule has 0 aliphatic heterocycles. The molecule has 1 aromatic heterocycles. The second-order valence-corrected chi connectivity index (χ2v) is 3.33. The maximum Gasteiger partial charge on any atom is 0.144 e. The Bertz CT molecular complexity index is 460. The molecule has 2 aromatic rings. The van der Waals surface area contributed by atoms with Gasteiger partial charge in [-0.3, -0.25) is 0 Å². The summed E-state index contributed by atoms with van der Waals surface area (Å²) < 4.78 is 1.92. The van der Waals surface area contributed by atoms with Crippen LogP contribution in [0.5, 0.6) is 5.75 Å². The summed E-state index contributed by atoms with van der Waals surface area (Å²) in [5, 5.41) is 19.6. The van der Waals surface area contributed by atoms with Crippen molar-refractivity contribution in [3.63, 3.8) is 0 Å². The molecule has 0 spiro atoms. The maximum absolute atomic E-state index is 9.80. The Hall–Kier alpha value is -1.48. The molecule has 3 nitrogen and oxygen atoms in total. The third kappa shape index (κ3) is 1.17. The summed E-state index contributed by atoms with van der Waals surface area (Å²) in [6.45, 7) is 2.46. The standard InChI is InChI=1S/C11H13NO2/c1-8-11(14)9-4-2-3-5-10(9)12(8)6-7-13/h2-5,13-14H,6-7H2,1H3. The second-order valence-electron chi connectivity index (χ2n) is 3.33. The Kier molecular flexibility index (Phi) is 2.17. The van der Waals surface area contributed by atoms with Gasteiger partial charge in [0.25, 0.3) is 0 Å². The largest absolute Gasteiger partial charge is 0.505 e. The number of rotatable bonds is 2. The number of benzene rings is 1. The topological polar surface area (TPSA) is 45.4 Å². The molecule has 0 aliphatic rings. The molecule has 1 heterocycles. The zero-order valence-electron chi connectivity index (χ0n) is 8.07. The van der Waals surface area contributed by atoms with Crippen LogP contribution in [0.1, 0.15) is 5.69 Å². The van der Waals surface area contributed by atoms with Crippen molar-refractivity contribution in [2.75, 3.05) is 6.61 Å². The number of hydrogen-bond acceptors (Lipinski definition) is 2. The first-order chi connectivity index (χ1) is 6.75. The number of hydrogen-bond donors (Lipinski definition) is 2. The van der Waals surface area contributed by atoms with Gasteiger partial charge in [0.15, 0.2) is 0 Å². The summed E-state index contributed by atoms with van der Waals surface area (Å²) in [6, 6.07) is 7.64. The van der Waals surface area contributed by atoms with Gasteiger partial charge in [-0.1, -0.05) is 12.1 Å². The normalized spacial score (nSPS) is 11.0. The van der Waals surface area contributed by atoms with E-state index in [9.17, 15) is 5.11 Å². The number of nitrogens with zero attached hydrogens (tertiary/aromatic N) is 1. The van der Waals surface area contributed by atoms with Crippen LogP contribution in [0.2, 0.25) is 0 Å². The van der Waals surface area contributed by atoms with Crippen LogP contribution in [-0.4, -0.2) is 21.4 Å². The number of aromatic nitrogens is 1. The van der Waals surface area contributed by atoms with Crippen molar-refractivity contribution in [3.05, 3.63) is 30.0 Å². The monoisotopic (exact) mass is 191 g/mol. The third-order valence-electron chi connectivity index (χ3n) is 2.52. The Morgan fingerprint density at radius 1 is 1.29 bits per heavy atom. The summed E-state index contributed by atoms with van der Waals surface area (Å²) >= 11 is 0. The fourth-order valence-corrected chi connectivity index (χ4v) is 1.80. The molecule has 0 amide bonds. The van der Waals surface area contributed by atoms with Gasteiger partial charge in [0, 0.05) is 11.9 Å². The maximum atomic E-state index is 9.80. The van der Waals surface area contributed by atoms with Crippen molar-refractivity contribution < 1.29 is 10.2 Å². The minimum Gasteiger partial charge on any atom is -0.505 e. The van der Waals surface area contributed by atoms with E-state index in [0.717, 1.165) is 16.6 Å². The van der Waals surface area contributed by atoms with Crippen LogP contribution >= 0.6 is 0 Å². The summed E-state index contributed by atoms with van der Waals surface area (Å²) in [4.78, 5) is 0. The van der Waals surface area contributed by atoms with E-state index >= 15 is 0 Å². The van der Waals surface area contributed by atoms with Crippen molar-refractivity contribution in [3.8, 4) is 5.75 Å². The number of aromatic hydroxyl groups is 1. The first-order valence-electron chi connectivity index (χ1n) is 4.63. The zero-order chi connectivity index (χ0) is 10.1. The molecular weight excluding hydrogens is 178 g/mol. The highest BCUT2D eigenvalue weighted by Crippen LogP contribution is 2.30. The molecule has 0 saturated carbocycles. The Labute approximate surface area is 82.2 Å². The highest BCUT2D eigenvalue weighted by molar-refractivity contribution is 5.88. The quantitative estimate of drug-likeness (QED) is 0.758. The van der Waals surface area contributed by atoms with Crippen LogP contribution < -0.4 is 0 Å². The predicted molar refractivity (Wildman–Crippen MR) is 55.4 cm³/mol. The van der Waals surface area contributed by atoms with Gasteiger partial charge in [-0.25, -0.2) is 0 Å². The van der Waals surface area contributed by atoms with Gasteiger partial charge in [0.1, 0.15) is 5.75 Å². The van der Waals surface area contributed by atoms with Crippen LogP contribution in [0, 0.1) is 6.92 Å². The van der Waals surface area contributed by atoms with Gasteiger partial charge < -0.3 is 14.8 Å². The average Bonchev–Trinajstić information content (AvgIpc) is 2.45. The minimum atomic E-state index is 0.0823. The summed E-state index contributed by atoms with van der Waals surface area (Å²) in [7, 11) is 0. The van der Waals surface area contributed by atoms with E-state index in [-0.39, 0.29) is 6.61 Å². The lowest BCUT2D eigenvalue weighted by atomic mass is 10.2. The van der Waals surface area contributed by atoms with Gasteiger partial charge in [-0.15, -0.1) is 0 Å². The molecule has 0 radical (unpaired) electrons. The van der Waals surface area contributed by atoms with Gasteiger partial charge in [-0.2, -0.15) is 0 Å². The molecule has 0 unspecified atom stereocenters. The minimum absolute atomic E-state index is 0.0823. The third-order valence-corrected chi connectivity index (χ3v) is 2.52. The highest BCUT2D eigenvalue weighted by Gasteiger charge is 2.11. The van der Waals surface area contributed by atoms with Gasteiger partial charge in [0.05, 0.1) is 17.8 Å². The van der Waals surface area contributed by atoms with Gasteiger partial charge in [-0.05, 0) is 19.1 Å². The lowest BCUT2D eigenvalue weighted by molar-refractivity contribution is 0.276. The van der Waals surface area contributed by atoms with E-state index < -0.39 is 0 Å². The molecule has 0 aliphatic carbocycles. The highest BCUT2D eigenvalue weighted by atomic mass is 16.3. The molecule has 0 saturated heterocycles. The smallest absolute Gasteiger partial charge is 0.144 e. The average molecular weight is 191 g/mol. The first kappa shape index (κ1) is 9.09. The van der Waals surface area contributed by atoms with E-state index in [4.69, 9.17) is 5.11 Å². The number of fused-ring (bicyclic) bond motifs is 1. The molecule has 74 valence electrons. The van der Waals surface area contributed by atoms with Crippen molar-refractivity contribution in [2.24, 2.45) is 0 Å². The predicted octanol–water partition coefficient (Wildman–Crippen LogP) is 1.65. The lowest BCUT2D eigenvalue weighted by Gasteiger charge is -2.04. The van der Waals surface area contributed by atoms with Crippen LogP contribution in [0.25, 0.3) is 10.9 Å². The van der Waals surface area contributed by atoms with E-state index in [2.05, 4.69) is 0 Å². The Morgan fingerprint density at radius 2 is 2.00 bits per heavy atom. The van der Waals surface area contributed by atoms with Crippen LogP contribution in [0.3, 0.4) is 0 Å². The second kappa shape index (κ2) is 3.35. The first-order valence-corrected chi connectivity index (χ1v) is 4.63. The molecule has 1 aromatic carbocycles. The van der Waals surface area contributed by atoms with E-state index in [1.54, 1.807) is 0 Å². The summed E-state index contributed by atoms with van der Waals surface area (Å²) in [6.07, 6.45) is 0. The summed E-state index contributed by atoms with van der Waals surface area (Å²) in [5.41, 5.74) is 1.77. The Balaban J connectivity index is 2.74. The van der Waals surface area contributed by atoms with E-state index in [1.807, 2.05) is 35.8 Å². The van der Waals surface area contributed by atoms with Crippen LogP contribution in [-0.2, 0) is 6.54 Å². The molecule has 14 heavy (non-hydrogen) atoms. The Morgan fingerprint density at radius 3 is 2.71 bits per heavy atom. The number of aliphatic hydroxyl groups excluding tert-OH is 1. The van der Waals surface area contributed by atoms with Crippen molar-refractivity contribution in [2.45, 2.75) is 13.5 Å². The lowest BCUT2D eigenvalue weighted by Crippen LogP contribution is -2.03. The SMILES string of the molecule is Cc1c(O)c2ccccc2n1CCO. The molecule has 2 rings (SSSR count). The summed E-state index contributed by atoms with van der Waals surface area (Å²) in [5.74, 6) is 0.314. The van der Waals surface area contributed by atoms with Crippen molar-refractivity contribution >= 4 is 10.9 Å². The van der Waals surface area contributed by atoms with E-state index in [1.165, 1.54) is 0 Å². The fourth-order valence-electron chi connectivity index (χ4n) is 1.80. The van der Waals surface area contributed by atoms with Crippen LogP contribution in [0.15, 0.2) is 24.3 Å². The van der Waals surface area contributed by atoms with Gasteiger partial charge >= 0.3 is 0 Å². The molecule has 0 fully saturated rings. The van der Waals surface area contributed by atoms with Gasteiger partial charge in [0.2, 0.25) is 0 Å². The number of aliphatic hydroxyl groups is 1. The van der Waals surface area contributed by atoms with Crippen LogP contribution in [0.4, 0.5) is 0 Å².